The first-order chi connectivity index (χ1) is 9.75. The van der Waals surface area contributed by atoms with E-state index in [4.69, 9.17) is 0 Å². The van der Waals surface area contributed by atoms with Crippen LogP contribution in [0.2, 0.25) is 0 Å². The van der Waals surface area contributed by atoms with E-state index in [0.717, 1.165) is 32.8 Å². The molecule has 1 aliphatic heterocycles. The minimum Gasteiger partial charge on any atom is -0.478 e. The van der Waals surface area contributed by atoms with Crippen molar-refractivity contribution >= 4 is 38.8 Å². The SMILES string of the molecule is O=C(O)C1=CNc2cccc3cc4ccccc4c1c23. The second-order valence-electron chi connectivity index (χ2n) is 4.88. The molecule has 0 saturated heterocycles. The normalized spacial score (nSPS) is 13.1. The Labute approximate surface area is 115 Å². The number of aliphatic carboxylic acids is 1. The highest BCUT2D eigenvalue weighted by atomic mass is 16.4. The van der Waals surface area contributed by atoms with E-state index in [-0.39, 0.29) is 0 Å². The van der Waals surface area contributed by atoms with Gasteiger partial charge in [-0.05, 0) is 28.3 Å². The Kier molecular flexibility index (Phi) is 2.12. The van der Waals surface area contributed by atoms with Gasteiger partial charge in [0.25, 0.3) is 0 Å². The first-order valence-corrected chi connectivity index (χ1v) is 6.40. The van der Waals surface area contributed by atoms with E-state index in [1.54, 1.807) is 6.20 Å². The summed E-state index contributed by atoms with van der Waals surface area (Å²) in [6, 6.07) is 16.0. The van der Waals surface area contributed by atoms with Crippen molar-refractivity contribution in [3.8, 4) is 0 Å². The molecule has 3 nitrogen and oxygen atoms in total. The van der Waals surface area contributed by atoms with Gasteiger partial charge in [-0.2, -0.15) is 0 Å². The fraction of sp³-hybridized carbons (Fsp3) is 0. The van der Waals surface area contributed by atoms with E-state index in [0.29, 0.717) is 5.57 Å². The van der Waals surface area contributed by atoms with Gasteiger partial charge >= 0.3 is 5.97 Å². The van der Waals surface area contributed by atoms with Crippen molar-refractivity contribution in [3.05, 3.63) is 60.3 Å². The van der Waals surface area contributed by atoms with Crippen LogP contribution in [0.25, 0.3) is 27.1 Å². The van der Waals surface area contributed by atoms with Crippen LogP contribution >= 0.6 is 0 Å². The smallest absolute Gasteiger partial charge is 0.337 e. The number of anilines is 1. The number of hydrogen-bond acceptors (Lipinski definition) is 2. The maximum atomic E-state index is 11.5. The molecule has 3 aromatic rings. The Morgan fingerprint density at radius 3 is 2.65 bits per heavy atom. The van der Waals surface area contributed by atoms with Gasteiger partial charge in [0.15, 0.2) is 0 Å². The Balaban J connectivity index is 2.28. The lowest BCUT2D eigenvalue weighted by molar-refractivity contribution is -0.130. The molecule has 4 rings (SSSR count). The Morgan fingerprint density at radius 2 is 1.80 bits per heavy atom. The molecule has 0 aliphatic carbocycles. The number of benzene rings is 3. The summed E-state index contributed by atoms with van der Waals surface area (Å²) < 4.78 is 0. The highest BCUT2D eigenvalue weighted by molar-refractivity contribution is 6.27. The highest BCUT2D eigenvalue weighted by Crippen LogP contribution is 2.39. The van der Waals surface area contributed by atoms with Gasteiger partial charge in [0.05, 0.1) is 5.57 Å². The molecule has 0 atom stereocenters. The minimum atomic E-state index is -0.912. The lowest BCUT2D eigenvalue weighted by Gasteiger charge is -2.19. The van der Waals surface area contributed by atoms with Crippen molar-refractivity contribution in [2.75, 3.05) is 5.32 Å². The maximum absolute atomic E-state index is 11.5. The number of carbonyl (C=O) groups is 1. The van der Waals surface area contributed by atoms with Gasteiger partial charge in [0.1, 0.15) is 0 Å². The average Bonchev–Trinajstić information content (AvgIpc) is 2.47. The lowest BCUT2D eigenvalue weighted by Crippen LogP contribution is -2.08. The summed E-state index contributed by atoms with van der Waals surface area (Å²) >= 11 is 0. The fourth-order valence-corrected chi connectivity index (χ4v) is 2.91. The number of fused-ring (bicyclic) bond motifs is 2. The first kappa shape index (κ1) is 11.1. The molecular formula is C17H11NO2. The number of nitrogens with one attached hydrogen (secondary N) is 1. The quantitative estimate of drug-likeness (QED) is 0.654. The molecule has 0 radical (unpaired) electrons. The molecule has 0 aromatic heterocycles. The van der Waals surface area contributed by atoms with Gasteiger partial charge in [0, 0.05) is 22.8 Å². The van der Waals surface area contributed by atoms with Crippen LogP contribution in [0.5, 0.6) is 0 Å². The summed E-state index contributed by atoms with van der Waals surface area (Å²) in [6.07, 6.45) is 1.58. The zero-order chi connectivity index (χ0) is 13.7. The summed E-state index contributed by atoms with van der Waals surface area (Å²) in [4.78, 5) is 11.5. The maximum Gasteiger partial charge on any atom is 0.337 e. The summed E-state index contributed by atoms with van der Waals surface area (Å²) in [5.41, 5.74) is 2.07. The molecule has 2 N–H and O–H groups in total. The fourth-order valence-electron chi connectivity index (χ4n) is 2.91. The number of carboxylic acid groups (broad SMARTS) is 1. The van der Waals surface area contributed by atoms with Crippen molar-refractivity contribution in [3.63, 3.8) is 0 Å². The molecule has 96 valence electrons. The van der Waals surface area contributed by atoms with Gasteiger partial charge in [-0.15, -0.1) is 0 Å². The Bertz CT molecular complexity index is 909. The van der Waals surface area contributed by atoms with Gasteiger partial charge in [-0.25, -0.2) is 4.79 Å². The summed E-state index contributed by atoms with van der Waals surface area (Å²) in [5.74, 6) is -0.912. The second kappa shape index (κ2) is 3.84. The molecule has 0 unspecified atom stereocenters. The summed E-state index contributed by atoms with van der Waals surface area (Å²) in [7, 11) is 0. The molecule has 0 spiro atoms. The third-order valence-electron chi connectivity index (χ3n) is 3.76. The standard InChI is InChI=1S/C17H11NO2/c19-17(20)13-9-18-14-7-3-5-11-8-10-4-1-2-6-12(10)16(13)15(11)14/h1-9,18H,(H,19,20). The average molecular weight is 261 g/mol. The van der Waals surface area contributed by atoms with Crippen molar-refractivity contribution in [2.24, 2.45) is 0 Å². The van der Waals surface area contributed by atoms with E-state index < -0.39 is 5.97 Å². The molecular weight excluding hydrogens is 250 g/mol. The predicted molar refractivity (Wildman–Crippen MR) is 80.7 cm³/mol. The Hall–Kier alpha value is -2.81. The molecule has 0 fully saturated rings. The van der Waals surface area contributed by atoms with E-state index in [2.05, 4.69) is 11.4 Å². The van der Waals surface area contributed by atoms with E-state index >= 15 is 0 Å². The van der Waals surface area contributed by atoms with Crippen LogP contribution in [0, 0.1) is 0 Å². The van der Waals surface area contributed by atoms with Crippen LogP contribution < -0.4 is 5.32 Å². The number of hydrogen-bond donors (Lipinski definition) is 2. The Morgan fingerprint density at radius 1 is 1.00 bits per heavy atom. The third-order valence-corrected chi connectivity index (χ3v) is 3.76. The predicted octanol–water partition coefficient (Wildman–Crippen LogP) is 3.84. The monoisotopic (exact) mass is 261 g/mol. The number of carboxylic acids is 1. The van der Waals surface area contributed by atoms with Gasteiger partial charge in [-0.3, -0.25) is 0 Å². The molecule has 1 heterocycles. The van der Waals surface area contributed by atoms with Gasteiger partial charge in [-0.1, -0.05) is 36.4 Å². The van der Waals surface area contributed by atoms with Crippen LogP contribution in [0.4, 0.5) is 5.69 Å². The van der Waals surface area contributed by atoms with Crippen LogP contribution in [0.1, 0.15) is 5.56 Å². The second-order valence-corrected chi connectivity index (χ2v) is 4.88. The van der Waals surface area contributed by atoms with Crippen LogP contribution in [0.15, 0.2) is 54.7 Å². The molecule has 20 heavy (non-hydrogen) atoms. The topological polar surface area (TPSA) is 49.3 Å². The molecule has 0 bridgehead atoms. The third kappa shape index (κ3) is 1.37. The van der Waals surface area contributed by atoms with Crippen LogP contribution in [0.3, 0.4) is 0 Å². The van der Waals surface area contributed by atoms with Crippen molar-refractivity contribution in [1.29, 1.82) is 0 Å². The summed E-state index contributed by atoms with van der Waals surface area (Å²) in [6.45, 7) is 0. The molecule has 3 aromatic carbocycles. The minimum absolute atomic E-state index is 0.311. The summed E-state index contributed by atoms with van der Waals surface area (Å²) in [5, 5.41) is 16.6. The van der Waals surface area contributed by atoms with E-state index in [9.17, 15) is 9.90 Å². The number of rotatable bonds is 1. The van der Waals surface area contributed by atoms with Crippen molar-refractivity contribution in [2.45, 2.75) is 0 Å². The molecule has 1 aliphatic rings. The zero-order valence-electron chi connectivity index (χ0n) is 10.6. The zero-order valence-corrected chi connectivity index (χ0v) is 10.6. The highest BCUT2D eigenvalue weighted by Gasteiger charge is 2.22. The largest absolute Gasteiger partial charge is 0.478 e. The van der Waals surface area contributed by atoms with E-state index in [1.807, 2.05) is 42.5 Å². The van der Waals surface area contributed by atoms with E-state index in [1.165, 1.54) is 0 Å². The molecule has 0 amide bonds. The molecule has 0 saturated carbocycles. The van der Waals surface area contributed by atoms with Crippen LogP contribution in [-0.4, -0.2) is 11.1 Å². The molecule has 3 heteroatoms. The van der Waals surface area contributed by atoms with Crippen molar-refractivity contribution < 1.29 is 9.90 Å². The first-order valence-electron chi connectivity index (χ1n) is 6.40. The van der Waals surface area contributed by atoms with Crippen molar-refractivity contribution in [1.82, 2.24) is 0 Å². The van der Waals surface area contributed by atoms with Gasteiger partial charge < -0.3 is 10.4 Å². The lowest BCUT2D eigenvalue weighted by atomic mass is 9.90. The van der Waals surface area contributed by atoms with Gasteiger partial charge in [0.2, 0.25) is 0 Å². The van der Waals surface area contributed by atoms with Crippen LogP contribution in [-0.2, 0) is 4.79 Å².